The quantitative estimate of drug-likeness (QED) is 0.868. The highest BCUT2D eigenvalue weighted by Gasteiger charge is 2.11. The fraction of sp³-hybridized carbons (Fsp3) is 0.400. The zero-order valence-electron chi connectivity index (χ0n) is 12.1. The van der Waals surface area contributed by atoms with E-state index in [0.29, 0.717) is 6.54 Å². The van der Waals surface area contributed by atoms with E-state index >= 15 is 0 Å². The van der Waals surface area contributed by atoms with Gasteiger partial charge in [-0.15, -0.1) is 0 Å². The van der Waals surface area contributed by atoms with Crippen LogP contribution in [-0.2, 0) is 6.54 Å². The summed E-state index contributed by atoms with van der Waals surface area (Å²) in [5.74, 6) is 0.764. The normalized spacial score (nSPS) is 10.6. The average molecular weight is 271 g/mol. The van der Waals surface area contributed by atoms with Crippen molar-refractivity contribution in [2.75, 3.05) is 18.0 Å². The van der Waals surface area contributed by atoms with Gasteiger partial charge >= 0.3 is 0 Å². The molecule has 0 aliphatic heterocycles. The molecule has 0 saturated carbocycles. The van der Waals surface area contributed by atoms with Gasteiger partial charge in [0.1, 0.15) is 0 Å². The minimum atomic E-state index is 0.661. The van der Waals surface area contributed by atoms with Gasteiger partial charge in [0.05, 0.1) is 0 Å². The van der Waals surface area contributed by atoms with Crippen LogP contribution in [0.15, 0.2) is 30.6 Å². The Balaban J connectivity index is 2.22. The maximum Gasteiger partial charge on any atom is 0.226 e. The molecule has 2 rings (SSSR count). The van der Waals surface area contributed by atoms with Crippen LogP contribution in [0.2, 0.25) is 0 Å². The van der Waals surface area contributed by atoms with Crippen LogP contribution >= 0.6 is 0 Å². The third kappa shape index (κ3) is 3.99. The molecule has 5 nitrogen and oxygen atoms in total. The van der Waals surface area contributed by atoms with E-state index in [2.05, 4.69) is 25.9 Å². The molecule has 106 valence electrons. The van der Waals surface area contributed by atoms with E-state index in [9.17, 15) is 0 Å². The summed E-state index contributed by atoms with van der Waals surface area (Å²) in [6.45, 7) is 6.23. The lowest BCUT2D eigenvalue weighted by Gasteiger charge is -2.23. The number of nitrogens with zero attached hydrogens (tertiary/aromatic N) is 4. The number of aryl methyl sites for hydroxylation is 2. The van der Waals surface area contributed by atoms with Gasteiger partial charge in [-0.05, 0) is 44.5 Å². The molecule has 0 spiro atoms. The van der Waals surface area contributed by atoms with Crippen molar-refractivity contribution >= 4 is 5.95 Å². The summed E-state index contributed by atoms with van der Waals surface area (Å²) in [4.78, 5) is 15.4. The number of nitrogens with two attached hydrogens (primary N) is 1. The SMILES string of the molecule is Cc1cc(C)nc(N(CCCN)Cc2cccnc2)n1. The van der Waals surface area contributed by atoms with Crippen molar-refractivity contribution in [2.24, 2.45) is 5.73 Å². The van der Waals surface area contributed by atoms with Gasteiger partial charge < -0.3 is 10.6 Å². The Morgan fingerprint density at radius 2 is 1.95 bits per heavy atom. The summed E-state index contributed by atoms with van der Waals surface area (Å²) in [7, 11) is 0. The second-order valence-corrected chi connectivity index (χ2v) is 4.88. The molecular weight excluding hydrogens is 250 g/mol. The van der Waals surface area contributed by atoms with Crippen molar-refractivity contribution in [1.82, 2.24) is 15.0 Å². The Labute approximate surface area is 119 Å². The first-order chi connectivity index (χ1) is 9.69. The largest absolute Gasteiger partial charge is 0.336 e. The molecule has 0 fully saturated rings. The van der Waals surface area contributed by atoms with Crippen LogP contribution in [0.4, 0.5) is 5.95 Å². The smallest absolute Gasteiger partial charge is 0.226 e. The number of pyridine rings is 1. The second kappa shape index (κ2) is 6.96. The highest BCUT2D eigenvalue weighted by atomic mass is 15.2. The van der Waals surface area contributed by atoms with Gasteiger partial charge in [-0.1, -0.05) is 6.07 Å². The number of rotatable bonds is 6. The van der Waals surface area contributed by atoms with E-state index in [1.54, 1.807) is 6.20 Å². The predicted molar refractivity (Wildman–Crippen MR) is 80.5 cm³/mol. The van der Waals surface area contributed by atoms with Crippen molar-refractivity contribution in [3.63, 3.8) is 0 Å². The Kier molecular flexibility index (Phi) is 5.01. The molecule has 0 saturated heterocycles. The molecule has 0 amide bonds. The van der Waals surface area contributed by atoms with Crippen molar-refractivity contribution in [3.05, 3.63) is 47.5 Å². The van der Waals surface area contributed by atoms with E-state index in [4.69, 9.17) is 5.73 Å². The van der Waals surface area contributed by atoms with Crippen molar-refractivity contribution in [1.29, 1.82) is 0 Å². The topological polar surface area (TPSA) is 67.9 Å². The molecule has 0 aromatic carbocycles. The Morgan fingerprint density at radius 1 is 1.20 bits per heavy atom. The summed E-state index contributed by atoms with van der Waals surface area (Å²) < 4.78 is 0. The molecule has 0 bridgehead atoms. The zero-order valence-corrected chi connectivity index (χ0v) is 12.1. The van der Waals surface area contributed by atoms with Gasteiger partial charge in [-0.3, -0.25) is 4.98 Å². The number of anilines is 1. The van der Waals surface area contributed by atoms with Gasteiger partial charge in [0, 0.05) is 36.9 Å². The van der Waals surface area contributed by atoms with Gasteiger partial charge in [-0.2, -0.15) is 0 Å². The molecule has 2 N–H and O–H groups in total. The Hall–Kier alpha value is -2.01. The predicted octanol–water partition coefficient (Wildman–Crippen LogP) is 1.84. The minimum absolute atomic E-state index is 0.661. The van der Waals surface area contributed by atoms with Gasteiger partial charge in [0.15, 0.2) is 0 Å². The average Bonchev–Trinajstić information content (AvgIpc) is 2.43. The molecule has 2 aromatic rings. The van der Waals surface area contributed by atoms with Gasteiger partial charge in [0.2, 0.25) is 5.95 Å². The third-order valence-corrected chi connectivity index (χ3v) is 2.98. The zero-order chi connectivity index (χ0) is 14.4. The monoisotopic (exact) mass is 271 g/mol. The second-order valence-electron chi connectivity index (χ2n) is 4.88. The Morgan fingerprint density at radius 3 is 2.55 bits per heavy atom. The molecule has 2 aromatic heterocycles. The van der Waals surface area contributed by atoms with E-state index < -0.39 is 0 Å². The standard InChI is InChI=1S/C15H21N5/c1-12-9-13(2)19-15(18-12)20(8-4-6-16)11-14-5-3-7-17-10-14/h3,5,7,9-10H,4,6,8,11,16H2,1-2H3. The molecule has 0 radical (unpaired) electrons. The fourth-order valence-electron chi connectivity index (χ4n) is 2.09. The highest BCUT2D eigenvalue weighted by Crippen LogP contribution is 2.14. The van der Waals surface area contributed by atoms with Crippen LogP contribution in [-0.4, -0.2) is 28.0 Å². The number of hydrogen-bond acceptors (Lipinski definition) is 5. The minimum Gasteiger partial charge on any atom is -0.336 e. The summed E-state index contributed by atoms with van der Waals surface area (Å²) in [6, 6.07) is 5.98. The molecule has 20 heavy (non-hydrogen) atoms. The van der Waals surface area contributed by atoms with Crippen molar-refractivity contribution in [3.8, 4) is 0 Å². The molecule has 5 heteroatoms. The van der Waals surface area contributed by atoms with Gasteiger partial charge in [0.25, 0.3) is 0 Å². The number of hydrogen-bond donors (Lipinski definition) is 1. The van der Waals surface area contributed by atoms with Crippen molar-refractivity contribution in [2.45, 2.75) is 26.8 Å². The Bertz CT molecular complexity index is 521. The summed E-state index contributed by atoms with van der Waals surface area (Å²) in [5, 5.41) is 0. The molecule has 0 aliphatic rings. The molecule has 0 unspecified atom stereocenters. The van der Waals surface area contributed by atoms with E-state index in [1.807, 2.05) is 32.2 Å². The molecule has 0 atom stereocenters. The highest BCUT2D eigenvalue weighted by molar-refractivity contribution is 5.33. The van der Waals surface area contributed by atoms with Gasteiger partial charge in [-0.25, -0.2) is 9.97 Å². The maximum atomic E-state index is 5.63. The first-order valence-corrected chi connectivity index (χ1v) is 6.85. The molecule has 2 heterocycles. The van der Waals surface area contributed by atoms with Crippen LogP contribution in [0.3, 0.4) is 0 Å². The van der Waals surface area contributed by atoms with Crippen LogP contribution in [0.25, 0.3) is 0 Å². The van der Waals surface area contributed by atoms with Crippen molar-refractivity contribution < 1.29 is 0 Å². The first kappa shape index (κ1) is 14.4. The lowest BCUT2D eigenvalue weighted by atomic mass is 10.2. The van der Waals surface area contributed by atoms with E-state index in [-0.39, 0.29) is 0 Å². The number of aromatic nitrogens is 3. The van der Waals surface area contributed by atoms with E-state index in [1.165, 1.54) is 0 Å². The lowest BCUT2D eigenvalue weighted by Crippen LogP contribution is -2.28. The van der Waals surface area contributed by atoms with Crippen LogP contribution in [0.1, 0.15) is 23.4 Å². The summed E-state index contributed by atoms with van der Waals surface area (Å²) in [6.07, 6.45) is 4.57. The fourth-order valence-corrected chi connectivity index (χ4v) is 2.09. The van der Waals surface area contributed by atoms with Crippen LogP contribution < -0.4 is 10.6 Å². The third-order valence-electron chi connectivity index (χ3n) is 2.98. The van der Waals surface area contributed by atoms with Crippen LogP contribution in [0, 0.1) is 13.8 Å². The van der Waals surface area contributed by atoms with Crippen LogP contribution in [0.5, 0.6) is 0 Å². The molecule has 0 aliphatic carbocycles. The van der Waals surface area contributed by atoms with E-state index in [0.717, 1.165) is 42.4 Å². The first-order valence-electron chi connectivity index (χ1n) is 6.85. The molecular formula is C15H21N5. The summed E-state index contributed by atoms with van der Waals surface area (Å²) in [5.41, 5.74) is 8.74. The summed E-state index contributed by atoms with van der Waals surface area (Å²) >= 11 is 0. The maximum absolute atomic E-state index is 5.63. The lowest BCUT2D eigenvalue weighted by molar-refractivity contribution is 0.709.